The van der Waals surface area contributed by atoms with Gasteiger partial charge in [-0.1, -0.05) is 35.9 Å². The second-order valence-corrected chi connectivity index (χ2v) is 3.83. The molecule has 0 aliphatic heterocycles. The smallest absolute Gasteiger partial charge is 0.128 e. The van der Waals surface area contributed by atoms with Gasteiger partial charge in [-0.3, -0.25) is 0 Å². The highest BCUT2D eigenvalue weighted by Gasteiger charge is 2.03. The Hall–Kier alpha value is -1.67. The third kappa shape index (κ3) is 2.12. The lowest BCUT2D eigenvalue weighted by Crippen LogP contribution is -1.90. The van der Waals surface area contributed by atoms with Crippen molar-refractivity contribution in [3.63, 3.8) is 0 Å². The first-order valence-corrected chi connectivity index (χ1v) is 5.17. The number of aryl methyl sites for hydroxylation is 1. The van der Waals surface area contributed by atoms with Gasteiger partial charge in [0.05, 0.1) is 6.61 Å². The molecule has 2 aromatic carbocycles. The molecule has 0 aliphatic carbocycles. The maximum Gasteiger partial charge on any atom is 0.128 e. The molecule has 82 valence electrons. The van der Waals surface area contributed by atoms with Gasteiger partial charge in [-0.05, 0) is 30.2 Å². The van der Waals surface area contributed by atoms with E-state index >= 15 is 0 Å². The summed E-state index contributed by atoms with van der Waals surface area (Å²) < 4.78 is 13.2. The van der Waals surface area contributed by atoms with Gasteiger partial charge in [0.2, 0.25) is 0 Å². The number of aliphatic hydroxyl groups excluding tert-OH is 1. The molecule has 0 saturated heterocycles. The first kappa shape index (κ1) is 10.8. The molecule has 0 spiro atoms. The van der Waals surface area contributed by atoms with Crippen LogP contribution < -0.4 is 0 Å². The maximum absolute atomic E-state index is 13.2. The predicted octanol–water partition coefficient (Wildman–Crippen LogP) is 3.29. The van der Waals surface area contributed by atoms with Crippen LogP contribution in [0.5, 0.6) is 0 Å². The van der Waals surface area contributed by atoms with Gasteiger partial charge in [-0.25, -0.2) is 4.39 Å². The standard InChI is InChI=1S/C14H13FO/c1-10-2-4-11(5-3-10)12-6-7-14(15)13(8-12)9-16/h2-8,16H,9H2,1H3. The van der Waals surface area contributed by atoms with Crippen molar-refractivity contribution in [1.29, 1.82) is 0 Å². The first-order valence-electron chi connectivity index (χ1n) is 5.17. The van der Waals surface area contributed by atoms with Crippen LogP contribution in [-0.4, -0.2) is 5.11 Å². The van der Waals surface area contributed by atoms with Gasteiger partial charge >= 0.3 is 0 Å². The topological polar surface area (TPSA) is 20.2 Å². The molecule has 0 heterocycles. The van der Waals surface area contributed by atoms with Gasteiger partial charge in [0.15, 0.2) is 0 Å². The summed E-state index contributed by atoms with van der Waals surface area (Å²) in [5.74, 6) is -0.363. The number of hydrogen-bond donors (Lipinski definition) is 1. The molecule has 0 bridgehead atoms. The number of rotatable bonds is 2. The van der Waals surface area contributed by atoms with E-state index in [0.29, 0.717) is 5.56 Å². The normalized spacial score (nSPS) is 10.4. The van der Waals surface area contributed by atoms with Crippen molar-refractivity contribution in [2.75, 3.05) is 0 Å². The largest absolute Gasteiger partial charge is 0.392 e. The summed E-state index contributed by atoms with van der Waals surface area (Å²) in [6.45, 7) is 1.75. The molecule has 0 amide bonds. The minimum Gasteiger partial charge on any atom is -0.392 e. The van der Waals surface area contributed by atoms with Gasteiger partial charge in [0.25, 0.3) is 0 Å². The van der Waals surface area contributed by atoms with E-state index in [0.717, 1.165) is 11.1 Å². The molecule has 0 saturated carbocycles. The van der Waals surface area contributed by atoms with Crippen LogP contribution >= 0.6 is 0 Å². The Labute approximate surface area is 94.2 Å². The molecule has 0 aromatic heterocycles. The number of benzene rings is 2. The van der Waals surface area contributed by atoms with E-state index in [1.54, 1.807) is 12.1 Å². The monoisotopic (exact) mass is 216 g/mol. The third-order valence-electron chi connectivity index (χ3n) is 2.60. The van der Waals surface area contributed by atoms with E-state index in [2.05, 4.69) is 0 Å². The van der Waals surface area contributed by atoms with Crippen LogP contribution in [-0.2, 0) is 6.61 Å². The van der Waals surface area contributed by atoms with Gasteiger partial charge in [-0.15, -0.1) is 0 Å². The highest BCUT2D eigenvalue weighted by molar-refractivity contribution is 5.64. The molecule has 0 unspecified atom stereocenters. The van der Waals surface area contributed by atoms with Crippen LogP contribution in [0.3, 0.4) is 0 Å². The minimum atomic E-state index is -0.363. The summed E-state index contributed by atoms with van der Waals surface area (Å²) in [6, 6.07) is 12.8. The highest BCUT2D eigenvalue weighted by atomic mass is 19.1. The van der Waals surface area contributed by atoms with Gasteiger partial charge in [0.1, 0.15) is 5.82 Å². The first-order chi connectivity index (χ1) is 7.70. The van der Waals surface area contributed by atoms with E-state index in [4.69, 9.17) is 5.11 Å². The van der Waals surface area contributed by atoms with Crippen LogP contribution in [0.25, 0.3) is 11.1 Å². The van der Waals surface area contributed by atoms with Crippen molar-refractivity contribution in [3.8, 4) is 11.1 Å². The fourth-order valence-electron chi connectivity index (χ4n) is 1.62. The molecular formula is C14H13FO. The van der Waals surface area contributed by atoms with Crippen LogP contribution in [0.2, 0.25) is 0 Å². The molecule has 2 aromatic rings. The fraction of sp³-hybridized carbons (Fsp3) is 0.143. The molecule has 16 heavy (non-hydrogen) atoms. The van der Waals surface area contributed by atoms with E-state index in [1.807, 2.05) is 31.2 Å². The number of hydrogen-bond acceptors (Lipinski definition) is 1. The molecule has 0 atom stereocenters. The maximum atomic E-state index is 13.2. The van der Waals surface area contributed by atoms with Gasteiger partial charge in [-0.2, -0.15) is 0 Å². The van der Waals surface area contributed by atoms with Crippen molar-refractivity contribution in [1.82, 2.24) is 0 Å². The minimum absolute atomic E-state index is 0.272. The average Bonchev–Trinajstić information content (AvgIpc) is 2.31. The van der Waals surface area contributed by atoms with E-state index in [-0.39, 0.29) is 12.4 Å². The van der Waals surface area contributed by atoms with Gasteiger partial charge in [0, 0.05) is 5.56 Å². The Morgan fingerprint density at radius 3 is 2.25 bits per heavy atom. The molecule has 2 heteroatoms. The quantitative estimate of drug-likeness (QED) is 0.816. The van der Waals surface area contributed by atoms with Crippen molar-refractivity contribution in [3.05, 3.63) is 59.4 Å². The summed E-state index contributed by atoms with van der Waals surface area (Å²) in [7, 11) is 0. The SMILES string of the molecule is Cc1ccc(-c2ccc(F)c(CO)c2)cc1. The van der Waals surface area contributed by atoms with E-state index < -0.39 is 0 Å². The summed E-state index contributed by atoms with van der Waals surface area (Å²) >= 11 is 0. The van der Waals surface area contributed by atoms with E-state index in [1.165, 1.54) is 11.6 Å². The Morgan fingerprint density at radius 1 is 1.00 bits per heavy atom. The van der Waals surface area contributed by atoms with Crippen LogP contribution in [0.1, 0.15) is 11.1 Å². The van der Waals surface area contributed by atoms with Crippen LogP contribution in [0.4, 0.5) is 4.39 Å². The lowest BCUT2D eigenvalue weighted by Gasteiger charge is -2.05. The lowest BCUT2D eigenvalue weighted by atomic mass is 10.0. The molecule has 0 radical (unpaired) electrons. The molecule has 0 aliphatic rings. The molecular weight excluding hydrogens is 203 g/mol. The van der Waals surface area contributed by atoms with Crippen molar-refractivity contribution in [2.45, 2.75) is 13.5 Å². The van der Waals surface area contributed by atoms with Crippen molar-refractivity contribution >= 4 is 0 Å². The predicted molar refractivity (Wildman–Crippen MR) is 62.5 cm³/mol. The summed E-state index contributed by atoms with van der Waals surface area (Å²) in [5, 5.41) is 8.99. The summed E-state index contributed by atoms with van der Waals surface area (Å²) in [4.78, 5) is 0. The highest BCUT2D eigenvalue weighted by Crippen LogP contribution is 2.22. The third-order valence-corrected chi connectivity index (χ3v) is 2.60. The number of aliphatic hydroxyl groups is 1. The Kier molecular flexibility index (Phi) is 3.02. The van der Waals surface area contributed by atoms with Crippen molar-refractivity contribution < 1.29 is 9.50 Å². The zero-order valence-corrected chi connectivity index (χ0v) is 9.07. The molecule has 1 nitrogen and oxygen atoms in total. The number of halogens is 1. The Morgan fingerprint density at radius 2 is 1.62 bits per heavy atom. The Balaban J connectivity index is 2.44. The summed E-state index contributed by atoms with van der Waals surface area (Å²) in [6.07, 6.45) is 0. The summed E-state index contributed by atoms with van der Waals surface area (Å²) in [5.41, 5.74) is 3.47. The second kappa shape index (κ2) is 4.45. The molecule has 2 rings (SSSR count). The molecule has 0 fully saturated rings. The Bertz CT molecular complexity index is 489. The van der Waals surface area contributed by atoms with Crippen LogP contribution in [0.15, 0.2) is 42.5 Å². The zero-order valence-electron chi connectivity index (χ0n) is 9.07. The lowest BCUT2D eigenvalue weighted by molar-refractivity contribution is 0.276. The van der Waals surface area contributed by atoms with Crippen LogP contribution in [0, 0.1) is 12.7 Å². The fourth-order valence-corrected chi connectivity index (χ4v) is 1.62. The van der Waals surface area contributed by atoms with E-state index in [9.17, 15) is 4.39 Å². The second-order valence-electron chi connectivity index (χ2n) is 3.83. The van der Waals surface area contributed by atoms with Gasteiger partial charge < -0.3 is 5.11 Å². The zero-order chi connectivity index (χ0) is 11.5. The molecule has 1 N–H and O–H groups in total. The van der Waals surface area contributed by atoms with Crippen molar-refractivity contribution in [2.24, 2.45) is 0 Å². The average molecular weight is 216 g/mol.